The van der Waals surface area contributed by atoms with Crippen LogP contribution in [0.25, 0.3) is 0 Å². The molecule has 0 fully saturated rings. The lowest BCUT2D eigenvalue weighted by Gasteiger charge is -1.93. The second-order valence-electron chi connectivity index (χ2n) is 0.749. The molecule has 0 N–H and O–H groups in total. The van der Waals surface area contributed by atoms with E-state index >= 15 is 0 Å². The van der Waals surface area contributed by atoms with Crippen molar-refractivity contribution in [3.8, 4) is 0 Å². The molecule has 0 atom stereocenters. The van der Waals surface area contributed by atoms with Gasteiger partial charge in [-0.2, -0.15) is 13.2 Å². The largest absolute Gasteiger partial charge is 0.416 e. The number of halogens is 5. The van der Waals surface area contributed by atoms with Gasteiger partial charge >= 0.3 is 6.18 Å². The normalized spacial score (nSPS) is 9.75. The van der Waals surface area contributed by atoms with Crippen molar-refractivity contribution in [2.75, 3.05) is 13.1 Å². The van der Waals surface area contributed by atoms with E-state index in [-0.39, 0.29) is 0 Å². The molecule has 0 unspecified atom stereocenters. The molecule has 0 aliphatic carbocycles. The zero-order valence-corrected chi connectivity index (χ0v) is 4.85. The molecule has 0 aliphatic rings. The molecule has 0 aromatic heterocycles. The highest BCUT2D eigenvalue weighted by Crippen LogP contribution is 2.13. The quantitative estimate of drug-likeness (QED) is 0.369. The van der Waals surface area contributed by atoms with Crippen molar-refractivity contribution < 1.29 is 17.6 Å². The van der Waals surface area contributed by atoms with E-state index in [2.05, 4.69) is 11.6 Å². The molecular weight excluding hydrogens is 147 g/mol. The predicted molar refractivity (Wildman–Crippen MR) is 23.8 cm³/mol. The van der Waals surface area contributed by atoms with Gasteiger partial charge in [0.25, 0.3) is 0 Å². The zero-order valence-electron chi connectivity index (χ0n) is 4.10. The molecule has 0 saturated heterocycles. The minimum absolute atomic E-state index is 1.47. The first-order valence-electron chi connectivity index (χ1n) is 1.57. The maximum atomic E-state index is 10.4. The van der Waals surface area contributed by atoms with Crippen molar-refractivity contribution in [2.45, 2.75) is 6.18 Å². The molecule has 5 heteroatoms. The summed E-state index contributed by atoms with van der Waals surface area (Å²) in [5.41, 5.74) is 0. The van der Waals surface area contributed by atoms with E-state index in [4.69, 9.17) is 0 Å². The van der Waals surface area contributed by atoms with E-state index in [0.717, 1.165) is 0 Å². The van der Waals surface area contributed by atoms with Crippen LogP contribution in [-0.4, -0.2) is 19.2 Å². The van der Waals surface area contributed by atoms with Crippen LogP contribution in [0.4, 0.5) is 17.6 Å². The molecule has 0 aliphatic heterocycles. The minimum Gasteiger partial charge on any atom is -0.241 e. The van der Waals surface area contributed by atoms with Gasteiger partial charge in [0.05, 0.1) is 0 Å². The highest BCUT2D eigenvalue weighted by molar-refractivity contribution is 6.15. The van der Waals surface area contributed by atoms with Crippen LogP contribution >= 0.6 is 11.6 Å². The summed E-state index contributed by atoms with van der Waals surface area (Å²) >= 11 is 4.64. The molecule has 0 saturated carbocycles. The van der Waals surface area contributed by atoms with Crippen LogP contribution in [0.15, 0.2) is 0 Å². The lowest BCUT2D eigenvalue weighted by atomic mass is 10.8. The Bertz CT molecular complexity index is 41.0. The van der Waals surface area contributed by atoms with Crippen LogP contribution in [0, 0.1) is 0 Å². The van der Waals surface area contributed by atoms with E-state index in [1.807, 2.05) is 0 Å². The van der Waals surface area contributed by atoms with Gasteiger partial charge in [-0.3, -0.25) is 0 Å². The van der Waals surface area contributed by atoms with Crippen LogP contribution in [0.2, 0.25) is 0 Å². The third kappa shape index (κ3) is 16.7. The van der Waals surface area contributed by atoms with Crippen molar-refractivity contribution in [3.63, 3.8) is 0 Å². The van der Waals surface area contributed by atoms with Crippen molar-refractivity contribution in [1.82, 2.24) is 0 Å². The monoisotopic (exact) mass is 152 g/mol. The zero-order chi connectivity index (χ0) is 7.21. The van der Waals surface area contributed by atoms with Gasteiger partial charge in [0.2, 0.25) is 0 Å². The molecule has 0 nitrogen and oxygen atoms in total. The number of hydrogen-bond donors (Lipinski definition) is 0. The van der Waals surface area contributed by atoms with Gasteiger partial charge in [-0.25, -0.2) is 4.39 Å². The SMILES string of the molecule is CCl.FCC(F)(F)F. The average molecular weight is 153 g/mol. The molecule has 0 bridgehead atoms. The average Bonchev–Trinajstić information content (AvgIpc) is 1.71. The third-order valence-electron chi connectivity index (χ3n) is 0.152. The van der Waals surface area contributed by atoms with E-state index in [9.17, 15) is 17.6 Å². The molecule has 0 spiro atoms. The summed E-state index contributed by atoms with van der Waals surface area (Å²) in [6, 6.07) is 0. The Kier molecular flexibility index (Phi) is 7.02. The molecule has 0 aromatic rings. The topological polar surface area (TPSA) is 0 Å². The Hall–Kier alpha value is 0.01000. The molecule has 0 radical (unpaired) electrons. The van der Waals surface area contributed by atoms with Crippen LogP contribution in [0.1, 0.15) is 0 Å². The van der Waals surface area contributed by atoms with Crippen molar-refractivity contribution in [3.05, 3.63) is 0 Å². The smallest absolute Gasteiger partial charge is 0.241 e. The van der Waals surface area contributed by atoms with Crippen molar-refractivity contribution >= 4 is 11.6 Å². The van der Waals surface area contributed by atoms with Gasteiger partial charge in [-0.1, -0.05) is 0 Å². The molecule has 52 valence electrons. The predicted octanol–water partition coefficient (Wildman–Crippen LogP) is 2.37. The fraction of sp³-hybridized carbons (Fsp3) is 1.00. The van der Waals surface area contributed by atoms with E-state index in [0.29, 0.717) is 0 Å². The Morgan fingerprint density at radius 1 is 1.25 bits per heavy atom. The molecule has 0 amide bonds. The van der Waals surface area contributed by atoms with Crippen molar-refractivity contribution in [2.24, 2.45) is 0 Å². The summed E-state index contributed by atoms with van der Waals surface area (Å²) in [6.07, 6.45) is -3.15. The lowest BCUT2D eigenvalue weighted by molar-refractivity contribution is -0.142. The van der Waals surface area contributed by atoms with Gasteiger partial charge in [-0.15, -0.1) is 11.6 Å². The molecular formula is C3H5ClF4. The highest BCUT2D eigenvalue weighted by atomic mass is 35.5. The third-order valence-corrected chi connectivity index (χ3v) is 0.152. The Morgan fingerprint density at radius 3 is 1.38 bits per heavy atom. The Labute approximate surface area is 49.4 Å². The standard InChI is InChI=1S/C2H2F4.CH3Cl/c3-1-2(4,5)6;1-2/h1H2;1H3. The Balaban J connectivity index is 0. The highest BCUT2D eigenvalue weighted by Gasteiger charge is 2.26. The van der Waals surface area contributed by atoms with Crippen LogP contribution < -0.4 is 0 Å². The number of hydrogen-bond acceptors (Lipinski definition) is 0. The number of alkyl halides is 5. The lowest BCUT2D eigenvalue weighted by Crippen LogP contribution is -2.08. The van der Waals surface area contributed by atoms with Gasteiger partial charge in [0.1, 0.15) is 0 Å². The molecule has 0 aromatic carbocycles. The van der Waals surface area contributed by atoms with Gasteiger partial charge in [0.15, 0.2) is 6.67 Å². The van der Waals surface area contributed by atoms with Gasteiger partial charge in [0, 0.05) is 6.38 Å². The maximum absolute atomic E-state index is 10.4. The number of rotatable bonds is 0. The fourth-order valence-corrected chi connectivity index (χ4v) is 0. The minimum atomic E-state index is -4.62. The summed E-state index contributed by atoms with van der Waals surface area (Å²) in [7, 11) is 0. The van der Waals surface area contributed by atoms with Gasteiger partial charge < -0.3 is 0 Å². The van der Waals surface area contributed by atoms with E-state index in [1.54, 1.807) is 0 Å². The molecule has 8 heavy (non-hydrogen) atoms. The van der Waals surface area contributed by atoms with Crippen molar-refractivity contribution in [1.29, 1.82) is 0 Å². The summed E-state index contributed by atoms with van der Waals surface area (Å²) in [6.45, 7) is -2.23. The summed E-state index contributed by atoms with van der Waals surface area (Å²) in [4.78, 5) is 0. The summed E-state index contributed by atoms with van der Waals surface area (Å²) < 4.78 is 41.6. The Morgan fingerprint density at radius 2 is 1.38 bits per heavy atom. The first kappa shape index (κ1) is 10.9. The van der Waals surface area contributed by atoms with Crippen LogP contribution in [0.5, 0.6) is 0 Å². The van der Waals surface area contributed by atoms with E-state index in [1.165, 1.54) is 6.38 Å². The van der Waals surface area contributed by atoms with Crippen LogP contribution in [0.3, 0.4) is 0 Å². The first-order valence-corrected chi connectivity index (χ1v) is 2.32. The second kappa shape index (κ2) is 5.15. The summed E-state index contributed by atoms with van der Waals surface area (Å²) in [5, 5.41) is 0. The summed E-state index contributed by atoms with van der Waals surface area (Å²) in [5.74, 6) is 0. The maximum Gasteiger partial charge on any atom is 0.416 e. The first-order chi connectivity index (χ1) is 3.56. The van der Waals surface area contributed by atoms with Crippen LogP contribution in [-0.2, 0) is 0 Å². The molecule has 0 rings (SSSR count). The van der Waals surface area contributed by atoms with Gasteiger partial charge in [-0.05, 0) is 0 Å². The fourth-order valence-electron chi connectivity index (χ4n) is 0. The second-order valence-corrected chi connectivity index (χ2v) is 0.749. The van der Waals surface area contributed by atoms with E-state index < -0.39 is 12.9 Å². The molecule has 0 heterocycles.